The molecule has 0 unspecified atom stereocenters. The molecule has 1 aromatic heterocycles. The van der Waals surface area contributed by atoms with Crippen molar-refractivity contribution in [2.24, 2.45) is 0 Å². The van der Waals surface area contributed by atoms with Crippen molar-refractivity contribution in [3.63, 3.8) is 0 Å². The maximum Gasteiger partial charge on any atom is 0.251 e. The van der Waals surface area contributed by atoms with Crippen molar-refractivity contribution in [1.29, 1.82) is 5.26 Å². The number of para-hydroxylation sites is 1. The molecule has 0 aliphatic carbocycles. The van der Waals surface area contributed by atoms with Gasteiger partial charge in [-0.2, -0.15) is 5.26 Å². The number of imidazole rings is 1. The molecule has 0 radical (unpaired) electrons. The Labute approximate surface area is 205 Å². The Kier molecular flexibility index (Phi) is 7.55. The van der Waals surface area contributed by atoms with E-state index in [-0.39, 0.29) is 29.9 Å². The maximum atomic E-state index is 13.8. The highest BCUT2D eigenvalue weighted by molar-refractivity contribution is 7.99. The number of nitrogens with zero attached hydrogens (tertiary/aromatic N) is 3. The van der Waals surface area contributed by atoms with E-state index < -0.39 is 0 Å². The topological polar surface area (TPSA) is 99.8 Å². The summed E-state index contributed by atoms with van der Waals surface area (Å²) in [6, 6.07) is 22.0. The maximum absolute atomic E-state index is 13.8. The minimum atomic E-state index is -0.373. The van der Waals surface area contributed by atoms with Crippen LogP contribution in [0.2, 0.25) is 0 Å². The highest BCUT2D eigenvalue weighted by atomic mass is 32.2. The second-order valence-electron chi connectivity index (χ2n) is 7.40. The van der Waals surface area contributed by atoms with E-state index in [0.717, 1.165) is 0 Å². The molecule has 4 aromatic rings. The second kappa shape index (κ2) is 11.1. The number of anilines is 1. The van der Waals surface area contributed by atoms with Gasteiger partial charge in [-0.15, -0.1) is 0 Å². The Morgan fingerprint density at radius 3 is 2.69 bits per heavy atom. The minimum Gasteiger partial charge on any atom is -0.348 e. The monoisotopic (exact) mass is 485 g/mol. The van der Waals surface area contributed by atoms with Gasteiger partial charge in [-0.25, -0.2) is 9.37 Å². The minimum absolute atomic E-state index is 0.0754. The van der Waals surface area contributed by atoms with Crippen LogP contribution in [0, 0.1) is 17.1 Å². The number of rotatable bonds is 8. The number of hydrogen-bond acceptors (Lipinski definition) is 5. The third-order valence-electron chi connectivity index (χ3n) is 5.04. The summed E-state index contributed by atoms with van der Waals surface area (Å²) in [4.78, 5) is 29.4. The zero-order valence-electron chi connectivity index (χ0n) is 18.4. The average molecular weight is 486 g/mol. The van der Waals surface area contributed by atoms with Gasteiger partial charge in [-0.05, 0) is 36.4 Å². The van der Waals surface area contributed by atoms with Gasteiger partial charge in [-0.3, -0.25) is 14.2 Å². The van der Waals surface area contributed by atoms with Crippen molar-refractivity contribution < 1.29 is 14.0 Å². The first-order valence-corrected chi connectivity index (χ1v) is 11.6. The van der Waals surface area contributed by atoms with Crippen LogP contribution in [0.15, 0.2) is 90.3 Å². The lowest BCUT2D eigenvalue weighted by Gasteiger charge is -2.11. The van der Waals surface area contributed by atoms with E-state index in [1.807, 2.05) is 12.1 Å². The first kappa shape index (κ1) is 23.7. The molecule has 35 heavy (non-hydrogen) atoms. The molecule has 1 heterocycles. The molecule has 2 amide bonds. The molecule has 2 N–H and O–H groups in total. The van der Waals surface area contributed by atoms with Crippen LogP contribution in [-0.4, -0.2) is 27.1 Å². The van der Waals surface area contributed by atoms with E-state index >= 15 is 0 Å². The van der Waals surface area contributed by atoms with Gasteiger partial charge in [0.25, 0.3) is 5.91 Å². The number of hydrogen-bond donors (Lipinski definition) is 2. The van der Waals surface area contributed by atoms with Crippen molar-refractivity contribution in [3.8, 4) is 11.8 Å². The molecule has 3 aromatic carbocycles. The van der Waals surface area contributed by atoms with Crippen LogP contribution in [0.5, 0.6) is 0 Å². The molecule has 0 bridgehead atoms. The molecule has 0 aliphatic rings. The highest BCUT2D eigenvalue weighted by Gasteiger charge is 2.13. The van der Waals surface area contributed by atoms with Crippen LogP contribution in [-0.2, 0) is 11.3 Å². The summed E-state index contributed by atoms with van der Waals surface area (Å²) in [5, 5.41) is 15.2. The van der Waals surface area contributed by atoms with Gasteiger partial charge < -0.3 is 10.6 Å². The van der Waals surface area contributed by atoms with Crippen molar-refractivity contribution in [2.45, 2.75) is 11.7 Å². The zero-order valence-corrected chi connectivity index (χ0v) is 19.3. The number of amides is 2. The summed E-state index contributed by atoms with van der Waals surface area (Å²) in [6.07, 6.45) is 3.34. The Balaban J connectivity index is 1.41. The van der Waals surface area contributed by atoms with Crippen LogP contribution in [0.1, 0.15) is 21.5 Å². The molecular weight excluding hydrogens is 465 g/mol. The molecule has 0 spiro atoms. The number of carbonyl (C=O) groups is 2. The van der Waals surface area contributed by atoms with Crippen molar-refractivity contribution in [1.82, 2.24) is 14.9 Å². The smallest absolute Gasteiger partial charge is 0.251 e. The fourth-order valence-electron chi connectivity index (χ4n) is 3.32. The van der Waals surface area contributed by atoms with Crippen molar-refractivity contribution >= 4 is 29.3 Å². The molecule has 0 saturated heterocycles. The van der Waals surface area contributed by atoms with Gasteiger partial charge >= 0.3 is 0 Å². The SMILES string of the molecule is N#Cc1ccccc1NC(=O)CSc1nccn1-c1cccc(C(=O)NCc2ccccc2F)c1. The third kappa shape index (κ3) is 5.93. The Morgan fingerprint density at radius 1 is 1.06 bits per heavy atom. The van der Waals surface area contributed by atoms with Gasteiger partial charge in [0.1, 0.15) is 11.9 Å². The van der Waals surface area contributed by atoms with Crippen molar-refractivity contribution in [2.75, 3.05) is 11.1 Å². The lowest BCUT2D eigenvalue weighted by molar-refractivity contribution is -0.113. The number of carbonyl (C=O) groups excluding carboxylic acids is 2. The molecule has 0 fully saturated rings. The number of nitrogens with one attached hydrogen (secondary N) is 2. The third-order valence-corrected chi connectivity index (χ3v) is 6.01. The second-order valence-corrected chi connectivity index (χ2v) is 8.34. The largest absolute Gasteiger partial charge is 0.348 e. The lowest BCUT2D eigenvalue weighted by atomic mass is 10.1. The standard InChI is InChI=1S/C26H20FN5O2S/c27-22-10-3-1-7-20(22)16-30-25(34)18-8-5-9-21(14-18)32-13-12-29-26(32)35-17-24(33)31-23-11-4-2-6-19(23)15-28/h1-14H,16-17H2,(H,30,34)(H,31,33). The van der Waals surface area contributed by atoms with Crippen LogP contribution in [0.25, 0.3) is 5.69 Å². The van der Waals surface area contributed by atoms with E-state index in [0.29, 0.717) is 33.2 Å². The summed E-state index contributed by atoms with van der Waals surface area (Å²) in [7, 11) is 0. The Hall–Kier alpha value is -4.42. The normalized spacial score (nSPS) is 10.4. The van der Waals surface area contributed by atoms with E-state index in [1.165, 1.54) is 17.8 Å². The summed E-state index contributed by atoms with van der Waals surface area (Å²) in [5.41, 5.74) is 2.35. The number of aromatic nitrogens is 2. The number of nitriles is 1. The van der Waals surface area contributed by atoms with Gasteiger partial charge in [-0.1, -0.05) is 48.2 Å². The van der Waals surface area contributed by atoms with Gasteiger partial charge in [0.15, 0.2) is 5.16 Å². The van der Waals surface area contributed by atoms with Crippen molar-refractivity contribution in [3.05, 3.63) is 108 Å². The summed E-state index contributed by atoms with van der Waals surface area (Å²) >= 11 is 1.23. The fourth-order valence-corrected chi connectivity index (χ4v) is 4.09. The highest BCUT2D eigenvalue weighted by Crippen LogP contribution is 2.22. The number of benzene rings is 3. The quantitative estimate of drug-likeness (QED) is 0.357. The predicted molar refractivity (Wildman–Crippen MR) is 132 cm³/mol. The first-order valence-electron chi connectivity index (χ1n) is 10.6. The average Bonchev–Trinajstić information content (AvgIpc) is 3.36. The summed E-state index contributed by atoms with van der Waals surface area (Å²) in [6.45, 7) is 0.0754. The Morgan fingerprint density at radius 2 is 1.86 bits per heavy atom. The summed E-state index contributed by atoms with van der Waals surface area (Å²) in [5.74, 6) is -0.894. The molecular formula is C26H20FN5O2S. The molecule has 9 heteroatoms. The molecule has 7 nitrogen and oxygen atoms in total. The van der Waals surface area contributed by atoms with Crippen LogP contribution >= 0.6 is 11.8 Å². The lowest BCUT2D eigenvalue weighted by Crippen LogP contribution is -2.23. The fraction of sp³-hybridized carbons (Fsp3) is 0.0769. The van der Waals surface area contributed by atoms with Crippen LogP contribution in [0.4, 0.5) is 10.1 Å². The zero-order chi connectivity index (χ0) is 24.6. The molecule has 0 atom stereocenters. The molecule has 0 saturated carbocycles. The van der Waals surface area contributed by atoms with Gasteiger partial charge in [0, 0.05) is 35.8 Å². The molecule has 4 rings (SSSR count). The molecule has 174 valence electrons. The van der Waals surface area contributed by atoms with E-state index in [2.05, 4.69) is 15.6 Å². The summed E-state index contributed by atoms with van der Waals surface area (Å²) < 4.78 is 15.6. The van der Waals surface area contributed by atoms with Gasteiger partial charge in [0.05, 0.1) is 17.0 Å². The number of halogens is 1. The van der Waals surface area contributed by atoms with Crippen LogP contribution in [0.3, 0.4) is 0 Å². The number of thioether (sulfide) groups is 1. The van der Waals surface area contributed by atoms with E-state index in [9.17, 15) is 19.2 Å². The van der Waals surface area contributed by atoms with Crippen LogP contribution < -0.4 is 10.6 Å². The van der Waals surface area contributed by atoms with E-state index in [4.69, 9.17) is 0 Å². The van der Waals surface area contributed by atoms with Gasteiger partial charge in [0.2, 0.25) is 5.91 Å². The first-order chi connectivity index (χ1) is 17.0. The molecule has 0 aliphatic heterocycles. The Bertz CT molecular complexity index is 1410. The predicted octanol–water partition coefficient (Wildman–Crippen LogP) is 4.54. The van der Waals surface area contributed by atoms with E-state index in [1.54, 1.807) is 77.6 Å².